The van der Waals surface area contributed by atoms with E-state index in [1.54, 1.807) is 0 Å². The molecule has 0 saturated carbocycles. The highest BCUT2D eigenvalue weighted by Gasteiger charge is 2.47. The zero-order chi connectivity index (χ0) is 25.1. The van der Waals surface area contributed by atoms with Crippen LogP contribution in [0.4, 0.5) is 17.3 Å². The topological polar surface area (TPSA) is 127 Å². The minimum Gasteiger partial charge on any atom is -0.376 e. The van der Waals surface area contributed by atoms with E-state index >= 15 is 0 Å². The molecule has 3 N–H and O–H groups in total. The van der Waals surface area contributed by atoms with Crippen molar-refractivity contribution >= 4 is 28.5 Å². The van der Waals surface area contributed by atoms with Crippen LogP contribution in [-0.4, -0.2) is 73.3 Å². The first-order valence-corrected chi connectivity index (χ1v) is 13.1. The third kappa shape index (κ3) is 3.51. The molecule has 2 saturated heterocycles. The quantitative estimate of drug-likeness (QED) is 0.436. The molecule has 2 fully saturated rings. The average Bonchev–Trinajstić information content (AvgIpc) is 3.62. The molecule has 0 amide bonds. The fraction of sp³-hybridized carbons (Fsp3) is 0.500. The molecule has 11 nitrogen and oxygen atoms in total. The highest BCUT2D eigenvalue weighted by molar-refractivity contribution is 5.88. The van der Waals surface area contributed by atoms with Gasteiger partial charge in [0.25, 0.3) is 0 Å². The first kappa shape index (κ1) is 22.6. The van der Waals surface area contributed by atoms with Gasteiger partial charge in [0.05, 0.1) is 30.3 Å². The lowest BCUT2D eigenvalue weighted by Gasteiger charge is -2.41. The number of aromatic nitrogens is 7. The molecule has 3 aliphatic rings. The van der Waals surface area contributed by atoms with Crippen LogP contribution in [0.1, 0.15) is 31.7 Å². The maximum Gasteiger partial charge on any atom is 0.183 e. The molecule has 7 rings (SSSR count). The van der Waals surface area contributed by atoms with Crippen molar-refractivity contribution in [2.45, 2.75) is 44.8 Å². The van der Waals surface area contributed by atoms with Crippen molar-refractivity contribution in [3.05, 3.63) is 36.3 Å². The zero-order valence-corrected chi connectivity index (χ0v) is 21.3. The predicted molar refractivity (Wildman–Crippen MR) is 141 cm³/mol. The number of piperidine rings is 1. The van der Waals surface area contributed by atoms with Gasteiger partial charge in [-0.2, -0.15) is 10.2 Å². The Morgan fingerprint density at radius 1 is 1.14 bits per heavy atom. The highest BCUT2D eigenvalue weighted by atomic mass is 16.5. The number of hydrogen-bond acceptors (Lipinski definition) is 9. The van der Waals surface area contributed by atoms with E-state index in [9.17, 15) is 0 Å². The van der Waals surface area contributed by atoms with Crippen LogP contribution >= 0.6 is 0 Å². The summed E-state index contributed by atoms with van der Waals surface area (Å²) >= 11 is 0. The molecule has 0 radical (unpaired) electrons. The molecule has 0 aromatic carbocycles. The van der Waals surface area contributed by atoms with E-state index in [-0.39, 0.29) is 17.6 Å². The van der Waals surface area contributed by atoms with Crippen molar-refractivity contribution in [1.29, 1.82) is 0 Å². The Balaban J connectivity index is 1.17. The van der Waals surface area contributed by atoms with Gasteiger partial charge in [-0.1, -0.05) is 0 Å². The number of anilines is 3. The van der Waals surface area contributed by atoms with E-state index in [0.29, 0.717) is 5.65 Å². The number of pyridine rings is 1. The summed E-state index contributed by atoms with van der Waals surface area (Å²) in [5, 5.41) is 12.2. The predicted octanol–water partition coefficient (Wildman–Crippen LogP) is 2.57. The van der Waals surface area contributed by atoms with Gasteiger partial charge < -0.3 is 20.3 Å². The lowest BCUT2D eigenvalue weighted by atomic mass is 9.73. The Kier molecular flexibility index (Phi) is 5.19. The standard InChI is InChI=1S/C26H32N10O/c1-16-23(27)26(15-37-16)7-12-35(13-8-26)20-14-29-22-24(31-20)32-33-25(22)36-11-3-4-17-18(36)5-9-28-21(17)19-6-10-30-34(19)2/h5-6,9-10,14,16,23H,3-4,7-8,11-13,15,27H2,1-2H3,(H,31,32,33)/t16-,23+/m0/s1. The van der Waals surface area contributed by atoms with E-state index in [2.05, 4.69) is 38.1 Å². The molecule has 37 heavy (non-hydrogen) atoms. The van der Waals surface area contributed by atoms with Gasteiger partial charge in [0, 0.05) is 61.8 Å². The van der Waals surface area contributed by atoms with Crippen LogP contribution in [0, 0.1) is 5.41 Å². The van der Waals surface area contributed by atoms with Crippen LogP contribution < -0.4 is 15.5 Å². The number of nitrogens with zero attached hydrogens (tertiary/aromatic N) is 8. The number of nitrogens with two attached hydrogens (primary N) is 1. The maximum absolute atomic E-state index is 6.50. The fourth-order valence-corrected chi connectivity index (χ4v) is 6.34. The second kappa shape index (κ2) is 8.49. The number of aromatic amines is 1. The molecular weight excluding hydrogens is 468 g/mol. The van der Waals surface area contributed by atoms with Crippen molar-refractivity contribution in [2.75, 3.05) is 36.0 Å². The van der Waals surface area contributed by atoms with Crippen LogP contribution in [0.15, 0.2) is 30.7 Å². The van der Waals surface area contributed by atoms with Gasteiger partial charge in [-0.3, -0.25) is 14.8 Å². The van der Waals surface area contributed by atoms with Crippen LogP contribution in [0.5, 0.6) is 0 Å². The molecule has 0 bridgehead atoms. The SMILES string of the molecule is C[C@@H]1OCC2(CCN(c3cnc4c(N5CCCc6c5ccnc6-c5ccnn5C)n[nH]c4n3)CC2)[C@@H]1N. The monoisotopic (exact) mass is 500 g/mol. The van der Waals surface area contributed by atoms with E-state index < -0.39 is 0 Å². The normalized spacial score (nSPS) is 23.2. The van der Waals surface area contributed by atoms with E-state index in [1.807, 2.05) is 36.4 Å². The highest BCUT2D eigenvalue weighted by Crippen LogP contribution is 2.42. The third-order valence-electron chi connectivity index (χ3n) is 8.62. The van der Waals surface area contributed by atoms with E-state index in [1.165, 1.54) is 5.56 Å². The second-order valence-electron chi connectivity index (χ2n) is 10.6. The fourth-order valence-electron chi connectivity index (χ4n) is 6.34. The van der Waals surface area contributed by atoms with Crippen molar-refractivity contribution in [3.8, 4) is 11.4 Å². The lowest BCUT2D eigenvalue weighted by Crippen LogP contribution is -2.50. The van der Waals surface area contributed by atoms with Crippen LogP contribution in [0.2, 0.25) is 0 Å². The molecule has 1 spiro atoms. The minimum absolute atomic E-state index is 0.0828. The molecule has 192 valence electrons. The first-order valence-electron chi connectivity index (χ1n) is 13.1. The average molecular weight is 501 g/mol. The maximum atomic E-state index is 6.50. The summed E-state index contributed by atoms with van der Waals surface area (Å²) in [6.07, 6.45) is 9.65. The minimum atomic E-state index is 0.0828. The number of nitrogens with one attached hydrogen (secondary N) is 1. The Hall–Kier alpha value is -3.57. The third-order valence-corrected chi connectivity index (χ3v) is 8.62. The number of ether oxygens (including phenoxy) is 1. The largest absolute Gasteiger partial charge is 0.376 e. The van der Waals surface area contributed by atoms with Gasteiger partial charge in [-0.05, 0) is 44.7 Å². The van der Waals surface area contributed by atoms with Crippen molar-refractivity contribution in [1.82, 2.24) is 34.9 Å². The molecule has 7 heterocycles. The number of hydrogen-bond donors (Lipinski definition) is 2. The summed E-state index contributed by atoms with van der Waals surface area (Å²) in [5.41, 5.74) is 12.4. The molecule has 3 aliphatic heterocycles. The van der Waals surface area contributed by atoms with Crippen molar-refractivity contribution in [3.63, 3.8) is 0 Å². The Bertz CT molecular complexity index is 1450. The number of H-pyrrole nitrogens is 1. The number of rotatable bonds is 3. The molecule has 0 aliphatic carbocycles. The summed E-state index contributed by atoms with van der Waals surface area (Å²) in [6.45, 7) is 5.49. The Morgan fingerprint density at radius 2 is 2.00 bits per heavy atom. The molecule has 0 unspecified atom stereocenters. The van der Waals surface area contributed by atoms with Gasteiger partial charge in [-0.25, -0.2) is 9.97 Å². The first-order chi connectivity index (χ1) is 18.0. The van der Waals surface area contributed by atoms with Gasteiger partial charge in [0.1, 0.15) is 5.82 Å². The Morgan fingerprint density at radius 3 is 2.76 bits per heavy atom. The van der Waals surface area contributed by atoms with Crippen molar-refractivity contribution < 1.29 is 4.74 Å². The van der Waals surface area contributed by atoms with Crippen molar-refractivity contribution in [2.24, 2.45) is 18.2 Å². The summed E-state index contributed by atoms with van der Waals surface area (Å²) in [4.78, 5) is 19.0. The molecule has 2 atom stereocenters. The molecule has 4 aromatic rings. The van der Waals surface area contributed by atoms with Gasteiger partial charge >= 0.3 is 0 Å². The Labute approximate surface area is 215 Å². The second-order valence-corrected chi connectivity index (χ2v) is 10.6. The molecule has 11 heteroatoms. The van der Waals surface area contributed by atoms with Gasteiger partial charge in [0.15, 0.2) is 17.0 Å². The number of fused-ring (bicyclic) bond motifs is 2. The van der Waals surface area contributed by atoms with Gasteiger partial charge in [0.2, 0.25) is 0 Å². The van der Waals surface area contributed by atoms with E-state index in [4.69, 9.17) is 25.4 Å². The summed E-state index contributed by atoms with van der Waals surface area (Å²) < 4.78 is 7.75. The summed E-state index contributed by atoms with van der Waals surface area (Å²) in [6, 6.07) is 4.17. The van der Waals surface area contributed by atoms with E-state index in [0.717, 1.165) is 86.2 Å². The smallest absolute Gasteiger partial charge is 0.183 e. The van der Waals surface area contributed by atoms with Crippen LogP contribution in [0.3, 0.4) is 0 Å². The summed E-state index contributed by atoms with van der Waals surface area (Å²) in [5.74, 6) is 1.68. The summed E-state index contributed by atoms with van der Waals surface area (Å²) in [7, 11) is 1.95. The van der Waals surface area contributed by atoms with Crippen LogP contribution in [0.25, 0.3) is 22.6 Å². The lowest BCUT2D eigenvalue weighted by molar-refractivity contribution is 0.0974. The zero-order valence-electron chi connectivity index (χ0n) is 21.3. The number of aryl methyl sites for hydroxylation is 1. The van der Waals surface area contributed by atoms with Crippen LogP contribution in [-0.2, 0) is 18.2 Å². The molecular formula is C26H32N10O. The van der Waals surface area contributed by atoms with Gasteiger partial charge in [-0.15, -0.1) is 0 Å². The molecule has 4 aromatic heterocycles.